The number of benzene rings is 1. The number of hydrogen-bond acceptors (Lipinski definition) is 4. The van der Waals surface area contributed by atoms with E-state index in [-0.39, 0.29) is 48.2 Å². The van der Waals surface area contributed by atoms with Gasteiger partial charge in [-0.2, -0.15) is 13.2 Å². The quantitative estimate of drug-likeness (QED) is 0.351. The van der Waals surface area contributed by atoms with Crippen molar-refractivity contribution in [1.29, 1.82) is 0 Å². The third-order valence-corrected chi connectivity index (χ3v) is 6.10. The minimum Gasteiger partial charge on any atom is -0.496 e. The number of ether oxygens (including phenoxy) is 2. The standard InChI is InChI=1S/C23H20ClF6N3O2/c1-34-18-9-14(35-11-17-16(25)8-13(10-31-17)23(28,29)30)2-3-15(18)19-20(24)33-21(32-19)12-4-6-22(26,27)7-5-12/h2-3,8-10,12H,4-7,11H2,1H3,(H,32,33). The predicted molar refractivity (Wildman–Crippen MR) is 115 cm³/mol. The lowest BCUT2D eigenvalue weighted by Gasteiger charge is -2.26. The highest BCUT2D eigenvalue weighted by Crippen LogP contribution is 2.42. The number of H-pyrrole nitrogens is 1. The number of rotatable bonds is 6. The first kappa shape index (κ1) is 25.2. The molecule has 1 aliphatic carbocycles. The predicted octanol–water partition coefficient (Wildman–Crippen LogP) is 7.16. The first-order valence-corrected chi connectivity index (χ1v) is 11.0. The number of imidazole rings is 1. The van der Waals surface area contributed by atoms with Gasteiger partial charge in [0.2, 0.25) is 5.92 Å². The van der Waals surface area contributed by atoms with Crippen molar-refractivity contribution >= 4 is 11.6 Å². The van der Waals surface area contributed by atoms with Gasteiger partial charge in [0, 0.05) is 36.6 Å². The van der Waals surface area contributed by atoms with Gasteiger partial charge in [0.05, 0.1) is 12.7 Å². The summed E-state index contributed by atoms with van der Waals surface area (Å²) < 4.78 is 89.9. The first-order chi connectivity index (χ1) is 16.5. The molecule has 1 aliphatic rings. The highest BCUT2D eigenvalue weighted by molar-refractivity contribution is 6.32. The summed E-state index contributed by atoms with van der Waals surface area (Å²) in [6.45, 7) is -0.411. The zero-order chi connectivity index (χ0) is 25.4. The van der Waals surface area contributed by atoms with Crippen LogP contribution in [0, 0.1) is 5.82 Å². The molecule has 0 unspecified atom stereocenters. The van der Waals surface area contributed by atoms with E-state index in [1.807, 2.05) is 0 Å². The van der Waals surface area contributed by atoms with Crippen LogP contribution in [0.5, 0.6) is 11.5 Å². The number of hydrogen-bond donors (Lipinski definition) is 1. The van der Waals surface area contributed by atoms with Gasteiger partial charge in [0.25, 0.3) is 0 Å². The maximum Gasteiger partial charge on any atom is 0.417 e. The molecule has 4 rings (SSSR count). The van der Waals surface area contributed by atoms with Crippen LogP contribution in [0.3, 0.4) is 0 Å². The third kappa shape index (κ3) is 5.66. The lowest BCUT2D eigenvalue weighted by molar-refractivity contribution is -0.138. The van der Waals surface area contributed by atoms with E-state index in [0.29, 0.717) is 35.1 Å². The molecule has 1 saturated carbocycles. The maximum absolute atomic E-state index is 14.0. The van der Waals surface area contributed by atoms with Crippen LogP contribution < -0.4 is 9.47 Å². The zero-order valence-electron chi connectivity index (χ0n) is 18.4. The second kappa shape index (κ2) is 9.60. The molecular formula is C23H20ClF6N3O2. The van der Waals surface area contributed by atoms with Crippen LogP contribution in [0.2, 0.25) is 5.15 Å². The number of nitrogens with zero attached hydrogens (tertiary/aromatic N) is 2. The van der Waals surface area contributed by atoms with Crippen LogP contribution >= 0.6 is 11.6 Å². The summed E-state index contributed by atoms with van der Waals surface area (Å²) in [7, 11) is 1.41. The molecule has 1 N–H and O–H groups in total. The van der Waals surface area contributed by atoms with Crippen molar-refractivity contribution in [2.45, 2.75) is 50.3 Å². The van der Waals surface area contributed by atoms with Gasteiger partial charge < -0.3 is 14.5 Å². The molecule has 0 radical (unpaired) electrons. The summed E-state index contributed by atoms with van der Waals surface area (Å²) in [6.07, 6.45) is -4.02. The van der Waals surface area contributed by atoms with Crippen molar-refractivity contribution in [2.75, 3.05) is 7.11 Å². The molecule has 0 atom stereocenters. The van der Waals surface area contributed by atoms with Crippen molar-refractivity contribution in [3.8, 4) is 22.8 Å². The number of alkyl halides is 5. The van der Waals surface area contributed by atoms with Gasteiger partial charge in [-0.05, 0) is 31.0 Å². The van der Waals surface area contributed by atoms with Crippen molar-refractivity contribution in [2.24, 2.45) is 0 Å². The molecule has 0 aliphatic heterocycles. The Morgan fingerprint density at radius 2 is 1.89 bits per heavy atom. The van der Waals surface area contributed by atoms with Crippen LogP contribution in [0.25, 0.3) is 11.3 Å². The Morgan fingerprint density at radius 1 is 1.17 bits per heavy atom. The Labute approximate surface area is 201 Å². The lowest BCUT2D eigenvalue weighted by atomic mass is 9.86. The van der Waals surface area contributed by atoms with Gasteiger partial charge in [-0.25, -0.2) is 18.2 Å². The van der Waals surface area contributed by atoms with Crippen LogP contribution in [0.4, 0.5) is 26.3 Å². The highest BCUT2D eigenvalue weighted by atomic mass is 35.5. The van der Waals surface area contributed by atoms with E-state index in [1.165, 1.54) is 19.2 Å². The van der Waals surface area contributed by atoms with E-state index < -0.39 is 30.1 Å². The lowest BCUT2D eigenvalue weighted by Crippen LogP contribution is -2.24. The number of aromatic nitrogens is 3. The molecule has 0 bridgehead atoms. The van der Waals surface area contributed by atoms with Crippen molar-refractivity contribution in [3.63, 3.8) is 0 Å². The highest BCUT2D eigenvalue weighted by Gasteiger charge is 2.37. The van der Waals surface area contributed by atoms with Crippen LogP contribution in [0.1, 0.15) is 48.7 Å². The summed E-state index contributed by atoms with van der Waals surface area (Å²) in [4.78, 5) is 11.0. The summed E-state index contributed by atoms with van der Waals surface area (Å²) in [5.41, 5.74) is -0.605. The summed E-state index contributed by atoms with van der Waals surface area (Å²) in [6, 6.07) is 4.99. The molecule has 0 amide bonds. The van der Waals surface area contributed by atoms with E-state index >= 15 is 0 Å². The average Bonchev–Trinajstić information content (AvgIpc) is 3.18. The number of nitrogens with one attached hydrogen (secondary N) is 1. The van der Waals surface area contributed by atoms with E-state index in [1.54, 1.807) is 6.07 Å². The van der Waals surface area contributed by atoms with E-state index in [2.05, 4.69) is 15.0 Å². The Hall–Kier alpha value is -2.95. The molecule has 1 fully saturated rings. The Kier molecular flexibility index (Phi) is 6.90. The molecule has 0 saturated heterocycles. The maximum atomic E-state index is 14.0. The molecule has 2 heterocycles. The summed E-state index contributed by atoms with van der Waals surface area (Å²) in [5.74, 6) is -2.88. The smallest absolute Gasteiger partial charge is 0.417 e. The third-order valence-electron chi connectivity index (χ3n) is 5.83. The first-order valence-electron chi connectivity index (χ1n) is 10.6. The molecule has 12 heteroatoms. The fourth-order valence-corrected chi connectivity index (χ4v) is 4.13. The monoisotopic (exact) mass is 519 g/mol. The van der Waals surface area contributed by atoms with Gasteiger partial charge in [0.1, 0.15) is 46.3 Å². The molecule has 1 aromatic carbocycles. The second-order valence-electron chi connectivity index (χ2n) is 8.22. The number of methoxy groups -OCH3 is 1. The fourth-order valence-electron chi connectivity index (χ4n) is 3.89. The number of aromatic amines is 1. The molecule has 5 nitrogen and oxygen atoms in total. The van der Waals surface area contributed by atoms with Crippen LogP contribution in [-0.2, 0) is 12.8 Å². The van der Waals surface area contributed by atoms with Gasteiger partial charge in [-0.15, -0.1) is 0 Å². The Bertz CT molecular complexity index is 1200. The van der Waals surface area contributed by atoms with E-state index in [4.69, 9.17) is 21.1 Å². The second-order valence-corrected chi connectivity index (χ2v) is 8.59. The van der Waals surface area contributed by atoms with Gasteiger partial charge in [-0.1, -0.05) is 11.6 Å². The van der Waals surface area contributed by atoms with Crippen molar-refractivity contribution in [1.82, 2.24) is 15.0 Å². The normalized spacial score (nSPS) is 16.3. The Balaban J connectivity index is 1.50. The topological polar surface area (TPSA) is 60.0 Å². The summed E-state index contributed by atoms with van der Waals surface area (Å²) in [5, 5.41) is 0.223. The molecule has 2 aromatic heterocycles. The number of halogens is 7. The fraction of sp³-hybridized carbons (Fsp3) is 0.391. The molecule has 0 spiro atoms. The zero-order valence-corrected chi connectivity index (χ0v) is 19.1. The van der Waals surface area contributed by atoms with Crippen LogP contribution in [0.15, 0.2) is 30.5 Å². The molecular weight excluding hydrogens is 500 g/mol. The molecule has 3 aromatic rings. The molecule has 35 heavy (non-hydrogen) atoms. The minimum absolute atomic E-state index is 0.166. The average molecular weight is 520 g/mol. The largest absolute Gasteiger partial charge is 0.496 e. The van der Waals surface area contributed by atoms with Gasteiger partial charge in [0.15, 0.2) is 0 Å². The summed E-state index contributed by atoms with van der Waals surface area (Å²) >= 11 is 6.34. The van der Waals surface area contributed by atoms with E-state index in [0.717, 1.165) is 0 Å². The minimum atomic E-state index is -4.70. The van der Waals surface area contributed by atoms with Crippen LogP contribution in [-0.4, -0.2) is 28.0 Å². The van der Waals surface area contributed by atoms with Gasteiger partial charge >= 0.3 is 6.18 Å². The van der Waals surface area contributed by atoms with Crippen molar-refractivity contribution < 1.29 is 35.8 Å². The van der Waals surface area contributed by atoms with Gasteiger partial charge in [-0.3, -0.25) is 4.98 Å². The SMILES string of the molecule is COc1cc(OCc2ncc(C(F)(F)F)cc2F)ccc1-c1nc(C2CCC(F)(F)CC2)[nH]c1Cl. The Morgan fingerprint density at radius 3 is 2.51 bits per heavy atom. The molecule has 188 valence electrons. The van der Waals surface area contributed by atoms with E-state index in [9.17, 15) is 26.3 Å². The van der Waals surface area contributed by atoms with Crippen molar-refractivity contribution in [3.05, 3.63) is 58.5 Å². The number of pyridine rings is 1.